The first-order chi connectivity index (χ1) is 12.4. The quantitative estimate of drug-likeness (QED) is 0.503. The zero-order valence-corrected chi connectivity index (χ0v) is 15.1. The predicted octanol–water partition coefficient (Wildman–Crippen LogP) is 4.94. The Labute approximate surface area is 156 Å². The normalized spacial score (nSPS) is 17.9. The first-order valence-electron chi connectivity index (χ1n) is 7.74. The van der Waals surface area contributed by atoms with Gasteiger partial charge in [0.1, 0.15) is 17.0 Å². The number of benzene rings is 1. The van der Waals surface area contributed by atoms with Gasteiger partial charge in [-0.05, 0) is 35.9 Å². The van der Waals surface area contributed by atoms with Gasteiger partial charge < -0.3 is 9.32 Å². The maximum Gasteiger partial charge on any atom is 0.416 e. The standard InChI is InChI=1S/C17H15F4NO2S2/c18-11-3-4-14(17(19,20)21)13(8-11)16-22(15(23)10-26-16)5-7-25-9-12-2-1-6-24-12/h1-4,6,8,16H,5,7,9-10H2. The molecule has 9 heteroatoms. The van der Waals surface area contributed by atoms with E-state index in [9.17, 15) is 22.4 Å². The molecule has 1 unspecified atom stereocenters. The molecule has 1 aromatic heterocycles. The van der Waals surface area contributed by atoms with Crippen molar-refractivity contribution in [2.45, 2.75) is 17.3 Å². The molecule has 0 saturated carbocycles. The SMILES string of the molecule is O=C1CSC(c2cc(F)ccc2C(F)(F)F)N1CCSCc1ccco1. The predicted molar refractivity (Wildman–Crippen MR) is 93.2 cm³/mol. The Morgan fingerprint density at radius 1 is 1.31 bits per heavy atom. The van der Waals surface area contributed by atoms with Gasteiger partial charge in [-0.1, -0.05) is 0 Å². The molecule has 2 heterocycles. The fraction of sp³-hybridized carbons (Fsp3) is 0.353. The molecule has 1 aliphatic heterocycles. The van der Waals surface area contributed by atoms with Gasteiger partial charge in [0.2, 0.25) is 5.91 Å². The molecule has 3 nitrogen and oxygen atoms in total. The Balaban J connectivity index is 1.72. The van der Waals surface area contributed by atoms with Crippen LogP contribution in [-0.4, -0.2) is 28.9 Å². The summed E-state index contributed by atoms with van der Waals surface area (Å²) in [6.07, 6.45) is -3.04. The lowest BCUT2D eigenvalue weighted by atomic mass is 10.1. The summed E-state index contributed by atoms with van der Waals surface area (Å²) in [5.74, 6) is 1.04. The van der Waals surface area contributed by atoms with E-state index in [0.717, 1.165) is 35.7 Å². The summed E-state index contributed by atoms with van der Waals surface area (Å²) < 4.78 is 58.6. The van der Waals surface area contributed by atoms with Crippen molar-refractivity contribution in [1.82, 2.24) is 4.90 Å². The van der Waals surface area contributed by atoms with Crippen LogP contribution in [0.1, 0.15) is 22.3 Å². The highest BCUT2D eigenvalue weighted by molar-refractivity contribution is 8.00. The summed E-state index contributed by atoms with van der Waals surface area (Å²) in [6, 6.07) is 6.00. The Morgan fingerprint density at radius 2 is 2.12 bits per heavy atom. The monoisotopic (exact) mass is 405 g/mol. The molecule has 1 fully saturated rings. The maximum atomic E-state index is 13.6. The lowest BCUT2D eigenvalue weighted by molar-refractivity contribution is -0.139. The number of halogens is 4. The topological polar surface area (TPSA) is 33.5 Å². The third-order valence-corrected chi connectivity index (χ3v) is 6.05. The van der Waals surface area contributed by atoms with E-state index in [2.05, 4.69) is 0 Å². The van der Waals surface area contributed by atoms with Crippen LogP contribution in [0, 0.1) is 5.82 Å². The number of nitrogens with zero attached hydrogens (tertiary/aromatic N) is 1. The molecule has 0 bridgehead atoms. The number of hydrogen-bond donors (Lipinski definition) is 0. The van der Waals surface area contributed by atoms with E-state index in [4.69, 9.17) is 4.42 Å². The fourth-order valence-electron chi connectivity index (χ4n) is 2.68. The highest BCUT2D eigenvalue weighted by Crippen LogP contribution is 2.44. The van der Waals surface area contributed by atoms with Crippen LogP contribution in [0.25, 0.3) is 0 Å². The van der Waals surface area contributed by atoms with E-state index < -0.39 is 22.9 Å². The van der Waals surface area contributed by atoms with E-state index in [1.54, 1.807) is 12.3 Å². The zero-order valence-electron chi connectivity index (χ0n) is 13.5. The Bertz CT molecular complexity index is 765. The first kappa shape index (κ1) is 19.2. The first-order valence-corrected chi connectivity index (χ1v) is 9.94. The van der Waals surface area contributed by atoms with Crippen molar-refractivity contribution < 1.29 is 26.8 Å². The number of carbonyl (C=O) groups excluding carboxylic acids is 1. The number of rotatable bonds is 6. The summed E-state index contributed by atoms with van der Waals surface area (Å²) in [7, 11) is 0. The third kappa shape index (κ3) is 4.37. The van der Waals surface area contributed by atoms with Crippen molar-refractivity contribution in [2.75, 3.05) is 18.1 Å². The molecule has 1 atom stereocenters. The van der Waals surface area contributed by atoms with Crippen molar-refractivity contribution >= 4 is 29.4 Å². The van der Waals surface area contributed by atoms with Crippen LogP contribution < -0.4 is 0 Å². The molecule has 0 spiro atoms. The number of thioether (sulfide) groups is 2. The van der Waals surface area contributed by atoms with Crippen molar-refractivity contribution in [3.05, 3.63) is 59.3 Å². The maximum absolute atomic E-state index is 13.6. The summed E-state index contributed by atoms with van der Waals surface area (Å²) >= 11 is 2.61. The van der Waals surface area contributed by atoms with Crippen LogP contribution in [0.4, 0.5) is 17.6 Å². The third-order valence-electron chi connectivity index (χ3n) is 3.85. The van der Waals surface area contributed by atoms with Gasteiger partial charge in [0.05, 0.1) is 23.3 Å². The number of carbonyl (C=O) groups is 1. The summed E-state index contributed by atoms with van der Waals surface area (Å²) in [6.45, 7) is 0.287. The minimum absolute atomic E-state index is 0.0847. The van der Waals surface area contributed by atoms with E-state index in [1.165, 1.54) is 16.7 Å². The molecule has 26 heavy (non-hydrogen) atoms. The molecule has 0 N–H and O–H groups in total. The zero-order chi connectivity index (χ0) is 18.7. The molecule has 1 aromatic carbocycles. The molecule has 0 aliphatic carbocycles. The molecule has 1 aliphatic rings. The lowest BCUT2D eigenvalue weighted by Crippen LogP contribution is -2.31. The van der Waals surface area contributed by atoms with Gasteiger partial charge in [0.25, 0.3) is 0 Å². The second kappa shape index (κ2) is 7.96. The highest BCUT2D eigenvalue weighted by Gasteiger charge is 2.40. The van der Waals surface area contributed by atoms with E-state index in [-0.39, 0.29) is 23.8 Å². The van der Waals surface area contributed by atoms with Crippen LogP contribution in [0.5, 0.6) is 0 Å². The van der Waals surface area contributed by atoms with Crippen LogP contribution in [0.2, 0.25) is 0 Å². The van der Waals surface area contributed by atoms with Gasteiger partial charge >= 0.3 is 6.18 Å². The second-order valence-electron chi connectivity index (χ2n) is 5.61. The average Bonchev–Trinajstić information content (AvgIpc) is 3.20. The Kier molecular flexibility index (Phi) is 5.86. The van der Waals surface area contributed by atoms with Crippen molar-refractivity contribution in [1.29, 1.82) is 0 Å². The lowest BCUT2D eigenvalue weighted by Gasteiger charge is -2.26. The minimum atomic E-state index is -4.60. The Morgan fingerprint density at radius 3 is 2.81 bits per heavy atom. The van der Waals surface area contributed by atoms with E-state index in [1.807, 2.05) is 6.07 Å². The molecule has 0 radical (unpaired) electrons. The molecule has 1 amide bonds. The van der Waals surface area contributed by atoms with Crippen molar-refractivity contribution in [2.24, 2.45) is 0 Å². The molecule has 3 rings (SSSR count). The van der Waals surface area contributed by atoms with Gasteiger partial charge in [-0.2, -0.15) is 24.9 Å². The van der Waals surface area contributed by atoms with Crippen LogP contribution in [-0.2, 0) is 16.7 Å². The Hall–Kier alpha value is -1.61. The van der Waals surface area contributed by atoms with E-state index >= 15 is 0 Å². The average molecular weight is 405 g/mol. The van der Waals surface area contributed by atoms with Gasteiger partial charge in [-0.25, -0.2) is 4.39 Å². The summed E-state index contributed by atoms with van der Waals surface area (Å²) in [5, 5.41) is -0.834. The van der Waals surface area contributed by atoms with Crippen LogP contribution in [0.15, 0.2) is 41.0 Å². The van der Waals surface area contributed by atoms with E-state index in [0.29, 0.717) is 11.5 Å². The van der Waals surface area contributed by atoms with Crippen LogP contribution in [0.3, 0.4) is 0 Å². The number of hydrogen-bond acceptors (Lipinski definition) is 4. The molecular weight excluding hydrogens is 390 g/mol. The van der Waals surface area contributed by atoms with Crippen molar-refractivity contribution in [3.63, 3.8) is 0 Å². The smallest absolute Gasteiger partial charge is 0.416 e. The van der Waals surface area contributed by atoms with Gasteiger partial charge in [-0.3, -0.25) is 4.79 Å². The summed E-state index contributed by atoms with van der Waals surface area (Å²) in [5.41, 5.74) is -1.11. The molecule has 140 valence electrons. The number of furan rings is 1. The summed E-state index contributed by atoms with van der Waals surface area (Å²) in [4.78, 5) is 13.5. The fourth-order valence-corrected chi connectivity index (χ4v) is 4.76. The number of alkyl halides is 3. The second-order valence-corrected chi connectivity index (χ2v) is 7.79. The molecule has 1 saturated heterocycles. The van der Waals surface area contributed by atoms with Crippen molar-refractivity contribution in [3.8, 4) is 0 Å². The highest BCUT2D eigenvalue weighted by atomic mass is 32.2. The minimum Gasteiger partial charge on any atom is -0.468 e. The van der Waals surface area contributed by atoms with Gasteiger partial charge in [0.15, 0.2) is 0 Å². The molecular formula is C17H15F4NO2S2. The number of amides is 1. The van der Waals surface area contributed by atoms with Gasteiger partial charge in [-0.15, -0.1) is 11.8 Å². The largest absolute Gasteiger partial charge is 0.468 e. The van der Waals surface area contributed by atoms with Gasteiger partial charge in [0, 0.05) is 12.3 Å². The molecule has 2 aromatic rings. The van der Waals surface area contributed by atoms with Crippen LogP contribution >= 0.6 is 23.5 Å².